The van der Waals surface area contributed by atoms with Crippen LogP contribution in [0.25, 0.3) is 0 Å². The van der Waals surface area contributed by atoms with Crippen LogP contribution >= 0.6 is 49.8 Å². The van der Waals surface area contributed by atoms with Gasteiger partial charge in [0.1, 0.15) is 0 Å². The second-order valence-electron chi connectivity index (χ2n) is 9.19. The molecule has 0 aliphatic carbocycles. The van der Waals surface area contributed by atoms with Crippen LogP contribution in [0, 0.1) is 0 Å². The first-order valence-electron chi connectivity index (χ1n) is 11.0. The Morgan fingerprint density at radius 2 is 1.10 bits per heavy atom. The fourth-order valence-corrected chi connectivity index (χ4v) is 18.1. The number of benzene rings is 3. The van der Waals surface area contributed by atoms with Crippen LogP contribution in [0.3, 0.4) is 0 Å². The molecule has 0 radical (unpaired) electrons. The van der Waals surface area contributed by atoms with Gasteiger partial charge >= 0.3 is 211 Å². The first-order valence-corrected chi connectivity index (χ1v) is 18.0. The van der Waals surface area contributed by atoms with Gasteiger partial charge in [0.25, 0.3) is 0 Å². The molecular formula is C27H32IPS2. The maximum atomic E-state index is 2.96. The molecule has 0 spiro atoms. The third-order valence-electron chi connectivity index (χ3n) is 6.72. The third-order valence-corrected chi connectivity index (χ3v) is 25.1. The third kappa shape index (κ3) is 3.92. The van der Waals surface area contributed by atoms with Crippen LogP contribution in [0.2, 0.25) is 0 Å². The Labute approximate surface area is 209 Å². The quantitative estimate of drug-likeness (QED) is 0.218. The van der Waals surface area contributed by atoms with Crippen molar-refractivity contribution in [3.63, 3.8) is 0 Å². The van der Waals surface area contributed by atoms with Crippen LogP contribution in [0.4, 0.5) is 0 Å². The van der Waals surface area contributed by atoms with Crippen molar-refractivity contribution in [2.75, 3.05) is 11.5 Å². The summed E-state index contributed by atoms with van der Waals surface area (Å²) in [6, 6.07) is 34.1. The molecule has 1 fully saturated rings. The molecule has 164 valence electrons. The van der Waals surface area contributed by atoms with Gasteiger partial charge in [-0.1, -0.05) is 0 Å². The summed E-state index contributed by atoms with van der Waals surface area (Å²) in [7, 11) is 0. The Morgan fingerprint density at radius 3 is 1.45 bits per heavy atom. The first kappa shape index (κ1) is 23.7. The van der Waals surface area contributed by atoms with Crippen LogP contribution in [0.1, 0.15) is 33.6 Å². The minimum absolute atomic E-state index is 0.0578. The van der Waals surface area contributed by atoms with Gasteiger partial charge in [-0.05, 0) is 0 Å². The van der Waals surface area contributed by atoms with Crippen molar-refractivity contribution in [2.24, 2.45) is 0 Å². The zero-order chi connectivity index (χ0) is 22.0. The summed E-state index contributed by atoms with van der Waals surface area (Å²) in [6.07, 6.45) is 2.50. The summed E-state index contributed by atoms with van der Waals surface area (Å²) in [5.74, 6) is 2.55. The fraction of sp³-hybridized carbons (Fsp3) is 0.333. The number of rotatable bonds is 6. The standard InChI is InChI=1S/C27H32IPS2/c1-26(2,22-27(3)30-20-13-21-31-27)29(28,23-14-7-4-8-15-23,24-16-9-5-10-17-24)25-18-11-6-12-19-25/h4-12,14-19H,13,20-22H2,1-3H3. The topological polar surface area (TPSA) is 0 Å². The van der Waals surface area contributed by atoms with Gasteiger partial charge in [0, 0.05) is 0 Å². The molecule has 1 heterocycles. The van der Waals surface area contributed by atoms with Crippen LogP contribution in [-0.4, -0.2) is 20.7 Å². The van der Waals surface area contributed by atoms with Gasteiger partial charge in [0.05, 0.1) is 0 Å². The first-order chi connectivity index (χ1) is 14.8. The van der Waals surface area contributed by atoms with Crippen molar-refractivity contribution in [3.05, 3.63) is 91.0 Å². The molecule has 31 heavy (non-hydrogen) atoms. The van der Waals surface area contributed by atoms with E-state index < -0.39 is 4.25 Å². The normalized spacial score (nSPS) is 18.1. The SMILES string of the molecule is CC1(CC(C)(C)P(I)(c2ccccc2)(c2ccccc2)c2ccccc2)SCCCS1. The van der Waals surface area contributed by atoms with Gasteiger partial charge in [-0.3, -0.25) is 0 Å². The van der Waals surface area contributed by atoms with Crippen LogP contribution in [0.5, 0.6) is 0 Å². The predicted molar refractivity (Wildman–Crippen MR) is 156 cm³/mol. The minimum atomic E-state index is -2.87. The molecule has 1 saturated heterocycles. The van der Waals surface area contributed by atoms with E-state index in [2.05, 4.69) is 157 Å². The van der Waals surface area contributed by atoms with Crippen molar-refractivity contribution in [3.8, 4) is 0 Å². The second kappa shape index (κ2) is 9.05. The van der Waals surface area contributed by atoms with Gasteiger partial charge in [-0.15, -0.1) is 0 Å². The summed E-state index contributed by atoms with van der Waals surface area (Å²) in [6.45, 7) is 7.58. The molecule has 4 heteroatoms. The molecular weight excluding hydrogens is 546 g/mol. The zero-order valence-corrected chi connectivity index (χ0v) is 23.3. The zero-order valence-electron chi connectivity index (χ0n) is 18.6. The molecule has 0 aromatic heterocycles. The molecule has 0 atom stereocenters. The van der Waals surface area contributed by atoms with E-state index >= 15 is 0 Å². The average molecular weight is 579 g/mol. The Bertz CT molecular complexity index is 900. The molecule has 1 aliphatic heterocycles. The average Bonchev–Trinajstić information content (AvgIpc) is 2.80. The van der Waals surface area contributed by atoms with Gasteiger partial charge in [0.2, 0.25) is 0 Å². The van der Waals surface area contributed by atoms with Crippen molar-refractivity contribution >= 4 is 65.7 Å². The van der Waals surface area contributed by atoms with E-state index in [1.165, 1.54) is 40.3 Å². The van der Waals surface area contributed by atoms with E-state index in [0.717, 1.165) is 0 Å². The Hall–Kier alpha value is -0.480. The van der Waals surface area contributed by atoms with Crippen molar-refractivity contribution in [1.82, 2.24) is 0 Å². The number of halogens is 1. The molecule has 1 aliphatic rings. The molecule has 0 unspecified atom stereocenters. The van der Waals surface area contributed by atoms with Crippen molar-refractivity contribution < 1.29 is 0 Å². The molecule has 0 bridgehead atoms. The van der Waals surface area contributed by atoms with Gasteiger partial charge < -0.3 is 0 Å². The summed E-state index contributed by atoms with van der Waals surface area (Å²) >= 11 is 7.31. The van der Waals surface area contributed by atoms with Gasteiger partial charge in [-0.25, -0.2) is 0 Å². The Balaban J connectivity index is 2.05. The molecule has 3 aromatic rings. The second-order valence-corrected chi connectivity index (χ2v) is 23.2. The number of hydrogen-bond donors (Lipinski definition) is 0. The molecule has 4 rings (SSSR count). The van der Waals surface area contributed by atoms with E-state index in [9.17, 15) is 0 Å². The molecule has 0 saturated carbocycles. The van der Waals surface area contributed by atoms with Crippen LogP contribution < -0.4 is 15.9 Å². The monoisotopic (exact) mass is 578 g/mol. The molecule has 0 nitrogen and oxygen atoms in total. The number of hydrogen-bond acceptors (Lipinski definition) is 2. The van der Waals surface area contributed by atoms with Crippen molar-refractivity contribution in [2.45, 2.75) is 42.8 Å². The summed E-state index contributed by atoms with van der Waals surface area (Å²) in [4.78, 5) is 0. The summed E-state index contributed by atoms with van der Waals surface area (Å²) < 4.78 is -2.62. The van der Waals surface area contributed by atoms with Gasteiger partial charge in [-0.2, -0.15) is 0 Å². The van der Waals surface area contributed by atoms with E-state index in [-0.39, 0.29) is 9.24 Å². The van der Waals surface area contributed by atoms with Crippen molar-refractivity contribution in [1.29, 1.82) is 0 Å². The molecule has 3 aromatic carbocycles. The van der Waals surface area contributed by atoms with Crippen LogP contribution in [0.15, 0.2) is 91.0 Å². The van der Waals surface area contributed by atoms with E-state index in [1.807, 2.05) is 0 Å². The maximum absolute atomic E-state index is 2.96. The Kier molecular flexibility index (Phi) is 6.91. The number of thioether (sulfide) groups is 2. The molecule has 0 N–H and O–H groups in total. The van der Waals surface area contributed by atoms with Crippen LogP contribution in [-0.2, 0) is 0 Å². The predicted octanol–water partition coefficient (Wildman–Crippen LogP) is 7.62. The van der Waals surface area contributed by atoms with E-state index in [0.29, 0.717) is 0 Å². The molecule has 0 amide bonds. The van der Waals surface area contributed by atoms with Gasteiger partial charge in [0.15, 0.2) is 0 Å². The fourth-order valence-electron chi connectivity index (χ4n) is 5.33. The summed E-state index contributed by atoms with van der Waals surface area (Å²) in [5.41, 5.74) is 0. The Morgan fingerprint density at radius 1 is 0.742 bits per heavy atom. The van der Waals surface area contributed by atoms with E-state index in [4.69, 9.17) is 0 Å². The summed E-state index contributed by atoms with van der Waals surface area (Å²) in [5, 5.41) is 4.49. The van der Waals surface area contributed by atoms with E-state index in [1.54, 1.807) is 0 Å².